The molecule has 0 fully saturated rings. The third-order valence-corrected chi connectivity index (χ3v) is 3.14. The van der Waals surface area contributed by atoms with Gasteiger partial charge in [-0.25, -0.2) is 0 Å². The normalized spacial score (nSPS) is 11.9. The Morgan fingerprint density at radius 2 is 2.16 bits per heavy atom. The van der Waals surface area contributed by atoms with Crippen LogP contribution in [0.2, 0.25) is 0 Å². The lowest BCUT2D eigenvalue weighted by Crippen LogP contribution is -2.18. The average Bonchev–Trinajstić information content (AvgIpc) is 2.42. The maximum absolute atomic E-state index is 8.85. The number of benzene rings is 1. The summed E-state index contributed by atoms with van der Waals surface area (Å²) in [5, 5.41) is 11.9. The van der Waals surface area contributed by atoms with Gasteiger partial charge in [0, 0.05) is 4.90 Å². The quantitative estimate of drug-likeness (QED) is 0.201. The summed E-state index contributed by atoms with van der Waals surface area (Å²) in [6.45, 7) is 4.85. The number of hydrogen-bond donors (Lipinski definition) is 2. The zero-order chi connectivity index (χ0) is 14.3. The summed E-state index contributed by atoms with van der Waals surface area (Å²) in [5.74, 6) is 0.638. The van der Waals surface area contributed by atoms with Crippen LogP contribution in [0.3, 0.4) is 0 Å². The molecule has 106 valence electrons. The van der Waals surface area contributed by atoms with Crippen LogP contribution in [0.15, 0.2) is 28.3 Å². The smallest absolute Gasteiger partial charge is 0.174 e. The van der Waals surface area contributed by atoms with Gasteiger partial charge < -0.3 is 20.4 Å². The molecule has 0 aliphatic rings. The number of oxime groups is 1. The second-order valence-corrected chi connectivity index (χ2v) is 4.93. The highest BCUT2D eigenvalue weighted by molar-refractivity contribution is 7.98. The number of nitrogens with zero attached hydrogens (tertiary/aromatic N) is 1. The molecule has 0 aromatic heterocycles. The Labute approximate surface area is 117 Å². The van der Waals surface area contributed by atoms with Crippen molar-refractivity contribution in [2.24, 2.45) is 10.9 Å². The van der Waals surface area contributed by atoms with E-state index in [0.717, 1.165) is 4.90 Å². The lowest BCUT2D eigenvalue weighted by atomic mass is 10.2. The van der Waals surface area contributed by atoms with Crippen molar-refractivity contribution in [2.45, 2.75) is 24.8 Å². The second-order valence-electron chi connectivity index (χ2n) is 4.09. The SMILES string of the molecule is CSc1cccc(OCCOC(C)C)c1/C(N)=N/O. The van der Waals surface area contributed by atoms with Gasteiger partial charge in [-0.05, 0) is 32.2 Å². The summed E-state index contributed by atoms with van der Waals surface area (Å²) in [6, 6.07) is 5.57. The zero-order valence-electron chi connectivity index (χ0n) is 11.4. The van der Waals surface area contributed by atoms with E-state index in [-0.39, 0.29) is 11.9 Å². The van der Waals surface area contributed by atoms with Gasteiger partial charge in [-0.1, -0.05) is 11.2 Å². The van der Waals surface area contributed by atoms with Crippen molar-refractivity contribution < 1.29 is 14.7 Å². The number of nitrogens with two attached hydrogens (primary N) is 1. The van der Waals surface area contributed by atoms with Gasteiger partial charge in [0.1, 0.15) is 12.4 Å². The molecule has 0 aliphatic heterocycles. The van der Waals surface area contributed by atoms with Crippen LogP contribution in [0.1, 0.15) is 19.4 Å². The Hall–Kier alpha value is -1.40. The molecule has 3 N–H and O–H groups in total. The van der Waals surface area contributed by atoms with E-state index >= 15 is 0 Å². The monoisotopic (exact) mass is 284 g/mol. The third-order valence-electron chi connectivity index (χ3n) is 2.36. The van der Waals surface area contributed by atoms with Crippen LogP contribution in [0.25, 0.3) is 0 Å². The molecule has 1 aromatic rings. The van der Waals surface area contributed by atoms with Gasteiger partial charge in [-0.2, -0.15) is 0 Å². The first kappa shape index (κ1) is 15.7. The largest absolute Gasteiger partial charge is 0.490 e. The Kier molecular flexibility index (Phi) is 6.52. The lowest BCUT2D eigenvalue weighted by molar-refractivity contribution is 0.0552. The first-order valence-corrected chi connectivity index (χ1v) is 7.22. The van der Waals surface area contributed by atoms with Crippen molar-refractivity contribution in [1.29, 1.82) is 0 Å². The van der Waals surface area contributed by atoms with Crippen LogP contribution in [0.4, 0.5) is 0 Å². The van der Waals surface area contributed by atoms with Crippen molar-refractivity contribution in [2.75, 3.05) is 19.5 Å². The maximum atomic E-state index is 8.85. The predicted molar refractivity (Wildman–Crippen MR) is 77.3 cm³/mol. The Balaban J connectivity index is 2.82. The summed E-state index contributed by atoms with van der Waals surface area (Å²) in [7, 11) is 0. The van der Waals surface area contributed by atoms with Crippen molar-refractivity contribution in [3.05, 3.63) is 23.8 Å². The molecule has 5 nitrogen and oxygen atoms in total. The third kappa shape index (κ3) is 4.65. The number of amidine groups is 1. The highest BCUT2D eigenvalue weighted by Gasteiger charge is 2.13. The van der Waals surface area contributed by atoms with Crippen LogP contribution in [0, 0.1) is 0 Å². The number of ether oxygens (including phenoxy) is 2. The van der Waals surface area contributed by atoms with Gasteiger partial charge in [0.2, 0.25) is 0 Å². The van der Waals surface area contributed by atoms with Gasteiger partial charge in [0.15, 0.2) is 5.84 Å². The Morgan fingerprint density at radius 1 is 1.42 bits per heavy atom. The number of rotatable bonds is 7. The van der Waals surface area contributed by atoms with Crippen molar-refractivity contribution in [3.63, 3.8) is 0 Å². The first-order chi connectivity index (χ1) is 9.10. The zero-order valence-corrected chi connectivity index (χ0v) is 12.2. The Bertz CT molecular complexity index is 436. The van der Waals surface area contributed by atoms with Gasteiger partial charge >= 0.3 is 0 Å². The minimum Gasteiger partial charge on any atom is -0.490 e. The molecular formula is C13H20N2O3S. The van der Waals surface area contributed by atoms with E-state index < -0.39 is 0 Å². The molecule has 0 spiro atoms. The second kappa shape index (κ2) is 7.91. The molecule has 0 saturated heterocycles. The summed E-state index contributed by atoms with van der Waals surface area (Å²) in [5.41, 5.74) is 6.31. The van der Waals surface area contributed by atoms with E-state index in [4.69, 9.17) is 20.4 Å². The molecule has 6 heteroatoms. The van der Waals surface area contributed by atoms with Gasteiger partial charge in [0.25, 0.3) is 0 Å². The first-order valence-electron chi connectivity index (χ1n) is 5.99. The molecule has 0 atom stereocenters. The summed E-state index contributed by atoms with van der Waals surface area (Å²) in [6.07, 6.45) is 2.10. The molecular weight excluding hydrogens is 264 g/mol. The standard InChI is InChI=1S/C13H20N2O3S/c1-9(2)17-7-8-18-10-5-4-6-11(19-3)12(10)13(14)15-16/h4-6,9,16H,7-8H2,1-3H3,(H2,14,15). The molecule has 0 heterocycles. The van der Waals surface area contributed by atoms with Crippen molar-refractivity contribution in [3.8, 4) is 5.75 Å². The summed E-state index contributed by atoms with van der Waals surface area (Å²) in [4.78, 5) is 0.901. The van der Waals surface area contributed by atoms with Crippen LogP contribution in [-0.4, -0.2) is 36.6 Å². The van der Waals surface area contributed by atoms with E-state index in [1.165, 1.54) is 11.8 Å². The maximum Gasteiger partial charge on any atom is 0.174 e. The molecule has 0 unspecified atom stereocenters. The molecule has 1 rings (SSSR count). The van der Waals surface area contributed by atoms with Crippen LogP contribution < -0.4 is 10.5 Å². The molecule has 0 radical (unpaired) electrons. The highest BCUT2D eigenvalue weighted by atomic mass is 32.2. The van der Waals surface area contributed by atoms with Crippen molar-refractivity contribution in [1.82, 2.24) is 0 Å². The number of hydrogen-bond acceptors (Lipinski definition) is 5. The molecule has 0 bridgehead atoms. The molecule has 19 heavy (non-hydrogen) atoms. The topological polar surface area (TPSA) is 77.1 Å². The summed E-state index contributed by atoms with van der Waals surface area (Å²) < 4.78 is 11.0. The molecule has 1 aromatic carbocycles. The minimum absolute atomic E-state index is 0.0460. The van der Waals surface area contributed by atoms with Crippen LogP contribution >= 0.6 is 11.8 Å². The van der Waals surface area contributed by atoms with Gasteiger partial charge in [-0.15, -0.1) is 11.8 Å². The molecule has 0 aliphatic carbocycles. The van der Waals surface area contributed by atoms with Crippen LogP contribution in [0.5, 0.6) is 5.75 Å². The molecule has 0 saturated carbocycles. The average molecular weight is 284 g/mol. The van der Waals surface area contributed by atoms with Gasteiger partial charge in [-0.3, -0.25) is 0 Å². The van der Waals surface area contributed by atoms with E-state index in [1.807, 2.05) is 32.2 Å². The molecule has 0 amide bonds. The lowest BCUT2D eigenvalue weighted by Gasteiger charge is -2.14. The fraction of sp³-hybridized carbons (Fsp3) is 0.462. The van der Waals surface area contributed by atoms with E-state index in [1.54, 1.807) is 6.07 Å². The van der Waals surface area contributed by atoms with Crippen molar-refractivity contribution >= 4 is 17.6 Å². The summed E-state index contributed by atoms with van der Waals surface area (Å²) >= 11 is 1.51. The van der Waals surface area contributed by atoms with Crippen LogP contribution in [-0.2, 0) is 4.74 Å². The Morgan fingerprint density at radius 3 is 2.74 bits per heavy atom. The highest BCUT2D eigenvalue weighted by Crippen LogP contribution is 2.28. The number of thioether (sulfide) groups is 1. The fourth-order valence-electron chi connectivity index (χ4n) is 1.54. The van der Waals surface area contributed by atoms with E-state index in [0.29, 0.717) is 24.5 Å². The fourth-order valence-corrected chi connectivity index (χ4v) is 2.16. The minimum atomic E-state index is 0.0460. The van der Waals surface area contributed by atoms with E-state index in [2.05, 4.69) is 5.16 Å². The van der Waals surface area contributed by atoms with Gasteiger partial charge in [0.05, 0.1) is 18.3 Å². The van der Waals surface area contributed by atoms with E-state index in [9.17, 15) is 0 Å². The predicted octanol–water partition coefficient (Wildman–Crippen LogP) is 2.31.